The number of amides is 1. The van der Waals surface area contributed by atoms with Crippen molar-refractivity contribution in [1.82, 2.24) is 5.32 Å². The van der Waals surface area contributed by atoms with E-state index < -0.39 is 0 Å². The summed E-state index contributed by atoms with van der Waals surface area (Å²) in [6, 6.07) is 5.76. The lowest BCUT2D eigenvalue weighted by Gasteiger charge is -2.11. The monoisotopic (exact) mass is 240 g/mol. The Hall–Kier alpha value is -1.06. The second-order valence-electron chi connectivity index (χ2n) is 4.00. The maximum Gasteiger partial charge on any atom is 0.238 e. The Kier molecular flexibility index (Phi) is 4.77. The van der Waals surface area contributed by atoms with Crippen LogP contribution in [0.5, 0.6) is 0 Å². The minimum atomic E-state index is -0.0564. The molecule has 0 atom stereocenters. The van der Waals surface area contributed by atoms with E-state index in [1.165, 1.54) is 0 Å². The highest BCUT2D eigenvalue weighted by Crippen LogP contribution is 2.22. The molecule has 1 aromatic rings. The molecule has 0 aliphatic heterocycles. The number of halogens is 1. The molecule has 0 aromatic heterocycles. The summed E-state index contributed by atoms with van der Waals surface area (Å²) in [5, 5.41) is 6.54. The van der Waals surface area contributed by atoms with Crippen LogP contribution in [-0.4, -0.2) is 18.5 Å². The first kappa shape index (κ1) is 13.0. The summed E-state index contributed by atoms with van der Waals surface area (Å²) < 4.78 is 0. The maximum absolute atomic E-state index is 11.6. The molecule has 88 valence electrons. The number of anilines is 1. The lowest BCUT2D eigenvalue weighted by molar-refractivity contribution is -0.115. The smallest absolute Gasteiger partial charge is 0.238 e. The van der Waals surface area contributed by atoms with Crippen LogP contribution in [0, 0.1) is 6.92 Å². The molecule has 3 nitrogen and oxygen atoms in total. The van der Waals surface area contributed by atoms with Gasteiger partial charge in [0.2, 0.25) is 5.91 Å². The number of carbonyl (C=O) groups is 1. The van der Waals surface area contributed by atoms with Crippen LogP contribution < -0.4 is 10.6 Å². The van der Waals surface area contributed by atoms with Gasteiger partial charge in [0, 0.05) is 16.8 Å². The SMILES string of the molecule is Cc1c(Cl)cccc1NC(=O)CNC(C)C. The van der Waals surface area contributed by atoms with E-state index >= 15 is 0 Å². The molecule has 16 heavy (non-hydrogen) atoms. The van der Waals surface area contributed by atoms with Crippen molar-refractivity contribution in [2.75, 3.05) is 11.9 Å². The van der Waals surface area contributed by atoms with Crippen LogP contribution in [0.25, 0.3) is 0 Å². The summed E-state index contributed by atoms with van der Waals surface area (Å²) in [5.74, 6) is -0.0564. The predicted octanol–water partition coefficient (Wildman–Crippen LogP) is 2.58. The number of hydrogen-bond donors (Lipinski definition) is 2. The van der Waals surface area contributed by atoms with E-state index in [9.17, 15) is 4.79 Å². The largest absolute Gasteiger partial charge is 0.325 e. The molecule has 0 radical (unpaired) electrons. The molecule has 0 bridgehead atoms. The quantitative estimate of drug-likeness (QED) is 0.850. The summed E-state index contributed by atoms with van der Waals surface area (Å²) >= 11 is 5.96. The molecule has 0 saturated carbocycles. The Morgan fingerprint density at radius 3 is 2.75 bits per heavy atom. The van der Waals surface area contributed by atoms with Crippen molar-refractivity contribution in [2.24, 2.45) is 0 Å². The van der Waals surface area contributed by atoms with Crippen LogP contribution in [-0.2, 0) is 4.79 Å². The van der Waals surface area contributed by atoms with Crippen molar-refractivity contribution >= 4 is 23.2 Å². The zero-order valence-electron chi connectivity index (χ0n) is 9.80. The highest BCUT2D eigenvalue weighted by molar-refractivity contribution is 6.31. The fourth-order valence-electron chi connectivity index (χ4n) is 1.23. The third-order valence-electron chi connectivity index (χ3n) is 2.21. The van der Waals surface area contributed by atoms with Gasteiger partial charge in [-0.25, -0.2) is 0 Å². The van der Waals surface area contributed by atoms with E-state index in [2.05, 4.69) is 10.6 Å². The zero-order chi connectivity index (χ0) is 12.1. The van der Waals surface area contributed by atoms with E-state index in [1.807, 2.05) is 32.9 Å². The van der Waals surface area contributed by atoms with Crippen molar-refractivity contribution in [3.63, 3.8) is 0 Å². The Morgan fingerprint density at radius 2 is 2.12 bits per heavy atom. The van der Waals surface area contributed by atoms with E-state index in [0.29, 0.717) is 17.6 Å². The number of rotatable bonds is 4. The number of hydrogen-bond acceptors (Lipinski definition) is 2. The number of benzene rings is 1. The number of nitrogens with one attached hydrogen (secondary N) is 2. The van der Waals surface area contributed by atoms with Crippen molar-refractivity contribution in [3.8, 4) is 0 Å². The average molecular weight is 241 g/mol. The third-order valence-corrected chi connectivity index (χ3v) is 2.62. The fraction of sp³-hybridized carbons (Fsp3) is 0.417. The van der Waals surface area contributed by atoms with Gasteiger partial charge in [0.1, 0.15) is 0 Å². The summed E-state index contributed by atoms with van der Waals surface area (Å²) in [5.41, 5.74) is 1.66. The van der Waals surface area contributed by atoms with Gasteiger partial charge in [-0.2, -0.15) is 0 Å². The Morgan fingerprint density at radius 1 is 1.44 bits per heavy atom. The molecule has 1 amide bonds. The topological polar surface area (TPSA) is 41.1 Å². The molecule has 1 rings (SSSR count). The van der Waals surface area contributed by atoms with Crippen LogP contribution >= 0.6 is 11.6 Å². The van der Waals surface area contributed by atoms with Gasteiger partial charge in [0.15, 0.2) is 0 Å². The Bertz CT molecular complexity index is 377. The highest BCUT2D eigenvalue weighted by atomic mass is 35.5. The van der Waals surface area contributed by atoms with Crippen LogP contribution in [0.2, 0.25) is 5.02 Å². The van der Waals surface area contributed by atoms with Crippen LogP contribution in [0.4, 0.5) is 5.69 Å². The fourth-order valence-corrected chi connectivity index (χ4v) is 1.41. The van der Waals surface area contributed by atoms with E-state index in [4.69, 9.17) is 11.6 Å². The van der Waals surface area contributed by atoms with Crippen molar-refractivity contribution in [3.05, 3.63) is 28.8 Å². The minimum absolute atomic E-state index is 0.0564. The molecule has 0 aliphatic rings. The minimum Gasteiger partial charge on any atom is -0.325 e. The standard InChI is InChI=1S/C12H17ClN2O/c1-8(2)14-7-12(16)15-11-6-4-5-10(13)9(11)3/h4-6,8,14H,7H2,1-3H3,(H,15,16). The molecule has 0 aliphatic carbocycles. The second kappa shape index (κ2) is 5.87. The Balaban J connectivity index is 2.59. The lowest BCUT2D eigenvalue weighted by Crippen LogP contribution is -2.32. The molecule has 2 N–H and O–H groups in total. The van der Waals surface area contributed by atoms with Gasteiger partial charge in [-0.05, 0) is 24.6 Å². The van der Waals surface area contributed by atoms with Crippen molar-refractivity contribution < 1.29 is 4.79 Å². The van der Waals surface area contributed by atoms with Gasteiger partial charge < -0.3 is 10.6 Å². The molecular weight excluding hydrogens is 224 g/mol. The van der Waals surface area contributed by atoms with Gasteiger partial charge >= 0.3 is 0 Å². The predicted molar refractivity (Wildman–Crippen MR) is 68.0 cm³/mol. The third kappa shape index (κ3) is 3.83. The molecule has 0 fully saturated rings. The molecule has 0 heterocycles. The van der Waals surface area contributed by atoms with Gasteiger partial charge in [-0.15, -0.1) is 0 Å². The maximum atomic E-state index is 11.6. The van der Waals surface area contributed by atoms with Crippen molar-refractivity contribution in [2.45, 2.75) is 26.8 Å². The molecule has 0 spiro atoms. The van der Waals surface area contributed by atoms with Gasteiger partial charge in [-0.1, -0.05) is 31.5 Å². The van der Waals surface area contributed by atoms with Gasteiger partial charge in [0.25, 0.3) is 0 Å². The second-order valence-corrected chi connectivity index (χ2v) is 4.40. The van der Waals surface area contributed by atoms with Crippen LogP contribution in [0.3, 0.4) is 0 Å². The average Bonchev–Trinajstić information content (AvgIpc) is 2.22. The lowest BCUT2D eigenvalue weighted by atomic mass is 10.2. The molecular formula is C12H17ClN2O. The normalized spacial score (nSPS) is 10.6. The van der Waals surface area contributed by atoms with E-state index in [-0.39, 0.29) is 5.91 Å². The highest BCUT2D eigenvalue weighted by Gasteiger charge is 2.06. The van der Waals surface area contributed by atoms with Crippen LogP contribution in [0.15, 0.2) is 18.2 Å². The summed E-state index contributed by atoms with van der Waals surface area (Å²) in [6.45, 7) is 6.19. The molecule has 4 heteroatoms. The van der Waals surface area contributed by atoms with Gasteiger partial charge in [0.05, 0.1) is 6.54 Å². The van der Waals surface area contributed by atoms with E-state index in [1.54, 1.807) is 6.07 Å². The van der Waals surface area contributed by atoms with Crippen molar-refractivity contribution in [1.29, 1.82) is 0 Å². The first-order valence-corrected chi connectivity index (χ1v) is 5.67. The van der Waals surface area contributed by atoms with Crippen LogP contribution in [0.1, 0.15) is 19.4 Å². The molecule has 0 saturated heterocycles. The number of carbonyl (C=O) groups excluding carboxylic acids is 1. The van der Waals surface area contributed by atoms with E-state index in [0.717, 1.165) is 11.3 Å². The summed E-state index contributed by atoms with van der Waals surface area (Å²) in [6.07, 6.45) is 0. The first-order chi connectivity index (χ1) is 7.50. The summed E-state index contributed by atoms with van der Waals surface area (Å²) in [4.78, 5) is 11.6. The Labute approximate surface area is 101 Å². The first-order valence-electron chi connectivity index (χ1n) is 5.29. The zero-order valence-corrected chi connectivity index (χ0v) is 10.6. The van der Waals surface area contributed by atoms with Gasteiger partial charge in [-0.3, -0.25) is 4.79 Å². The molecule has 1 aromatic carbocycles. The molecule has 0 unspecified atom stereocenters. The summed E-state index contributed by atoms with van der Waals surface area (Å²) in [7, 11) is 0.